The number of aliphatic hydroxyl groups is 1. The summed E-state index contributed by atoms with van der Waals surface area (Å²) < 4.78 is 1.74. The minimum absolute atomic E-state index is 0.105. The number of hydrogen-bond acceptors (Lipinski definition) is 4. The molecule has 1 atom stereocenters. The molecule has 96 valence electrons. The van der Waals surface area contributed by atoms with Gasteiger partial charge >= 0.3 is 0 Å². The summed E-state index contributed by atoms with van der Waals surface area (Å²) in [7, 11) is 0. The standard InChI is InChI=1S/C12H15ClN4O/c1-7(2)17-11(12-14-5-4-6-15-12)9(13)10(16-17)8(3)18/h4-8,18H,1-3H3. The number of aromatic nitrogens is 4. The monoisotopic (exact) mass is 266 g/mol. The average molecular weight is 267 g/mol. The first-order valence-corrected chi connectivity index (χ1v) is 6.13. The van der Waals surface area contributed by atoms with Crippen molar-refractivity contribution in [3.8, 4) is 11.5 Å². The molecule has 0 aromatic carbocycles. The van der Waals surface area contributed by atoms with Gasteiger partial charge in [-0.25, -0.2) is 9.97 Å². The lowest BCUT2D eigenvalue weighted by Gasteiger charge is -2.09. The van der Waals surface area contributed by atoms with Gasteiger partial charge in [0, 0.05) is 18.4 Å². The van der Waals surface area contributed by atoms with Crippen molar-refractivity contribution in [2.45, 2.75) is 32.9 Å². The van der Waals surface area contributed by atoms with Crippen LogP contribution in [0.1, 0.15) is 38.6 Å². The highest BCUT2D eigenvalue weighted by atomic mass is 35.5. The zero-order valence-electron chi connectivity index (χ0n) is 10.5. The van der Waals surface area contributed by atoms with Gasteiger partial charge in [0.25, 0.3) is 0 Å². The van der Waals surface area contributed by atoms with Crippen molar-refractivity contribution >= 4 is 11.6 Å². The highest BCUT2D eigenvalue weighted by Gasteiger charge is 2.23. The van der Waals surface area contributed by atoms with Gasteiger partial charge in [0.15, 0.2) is 5.82 Å². The Hall–Kier alpha value is -1.46. The molecule has 18 heavy (non-hydrogen) atoms. The molecule has 1 N–H and O–H groups in total. The maximum atomic E-state index is 9.67. The Morgan fingerprint density at radius 1 is 1.22 bits per heavy atom. The Labute approximate surface area is 110 Å². The topological polar surface area (TPSA) is 63.8 Å². The molecule has 6 heteroatoms. The molecule has 0 aliphatic carbocycles. The van der Waals surface area contributed by atoms with Crippen molar-refractivity contribution in [3.05, 3.63) is 29.2 Å². The maximum Gasteiger partial charge on any atom is 0.179 e. The van der Waals surface area contributed by atoms with Crippen molar-refractivity contribution in [2.75, 3.05) is 0 Å². The molecule has 2 heterocycles. The van der Waals surface area contributed by atoms with Crippen LogP contribution in [0.4, 0.5) is 0 Å². The minimum atomic E-state index is -0.722. The van der Waals surface area contributed by atoms with E-state index in [4.69, 9.17) is 11.6 Å². The number of aliphatic hydroxyl groups excluding tert-OH is 1. The van der Waals surface area contributed by atoms with Crippen molar-refractivity contribution < 1.29 is 5.11 Å². The van der Waals surface area contributed by atoms with E-state index in [9.17, 15) is 5.11 Å². The Morgan fingerprint density at radius 2 is 1.83 bits per heavy atom. The minimum Gasteiger partial charge on any atom is -0.387 e. The molecule has 0 spiro atoms. The molecule has 0 bridgehead atoms. The first-order valence-electron chi connectivity index (χ1n) is 5.75. The summed E-state index contributed by atoms with van der Waals surface area (Å²) in [6, 6.07) is 1.84. The molecule has 0 aliphatic heterocycles. The van der Waals surface area contributed by atoms with E-state index in [-0.39, 0.29) is 6.04 Å². The average Bonchev–Trinajstić information content (AvgIpc) is 2.68. The van der Waals surface area contributed by atoms with Crippen LogP contribution in [-0.2, 0) is 0 Å². The van der Waals surface area contributed by atoms with E-state index in [0.717, 1.165) is 0 Å². The third-order valence-electron chi connectivity index (χ3n) is 2.54. The Balaban J connectivity index is 2.65. The molecule has 0 amide bonds. The summed E-state index contributed by atoms with van der Waals surface area (Å²) in [5.74, 6) is 0.510. The first kappa shape index (κ1) is 13.0. The summed E-state index contributed by atoms with van der Waals surface area (Å²) in [5.41, 5.74) is 1.09. The van der Waals surface area contributed by atoms with E-state index in [1.807, 2.05) is 13.8 Å². The second-order valence-corrected chi connectivity index (χ2v) is 4.71. The van der Waals surface area contributed by atoms with Gasteiger partial charge in [-0.05, 0) is 26.8 Å². The number of nitrogens with zero attached hydrogens (tertiary/aromatic N) is 4. The van der Waals surface area contributed by atoms with Gasteiger partial charge in [-0.1, -0.05) is 11.6 Å². The fourth-order valence-corrected chi connectivity index (χ4v) is 2.06. The maximum absolute atomic E-state index is 9.67. The third kappa shape index (κ3) is 2.23. The predicted molar refractivity (Wildman–Crippen MR) is 69.3 cm³/mol. The van der Waals surface area contributed by atoms with Gasteiger partial charge in [0.2, 0.25) is 0 Å². The summed E-state index contributed by atoms with van der Waals surface area (Å²) in [6.07, 6.45) is 2.58. The smallest absolute Gasteiger partial charge is 0.179 e. The van der Waals surface area contributed by atoms with E-state index >= 15 is 0 Å². The predicted octanol–water partition coefficient (Wildman–Crippen LogP) is 2.63. The van der Waals surface area contributed by atoms with Gasteiger partial charge in [-0.2, -0.15) is 5.10 Å². The van der Waals surface area contributed by atoms with Crippen LogP contribution in [0.25, 0.3) is 11.5 Å². The summed E-state index contributed by atoms with van der Waals surface area (Å²) in [6.45, 7) is 5.61. The van der Waals surface area contributed by atoms with Gasteiger partial charge in [-0.15, -0.1) is 0 Å². The van der Waals surface area contributed by atoms with Crippen LogP contribution < -0.4 is 0 Å². The molecule has 0 radical (unpaired) electrons. The van der Waals surface area contributed by atoms with Crippen LogP contribution in [0, 0.1) is 0 Å². The lowest BCUT2D eigenvalue weighted by molar-refractivity contribution is 0.193. The van der Waals surface area contributed by atoms with Crippen molar-refractivity contribution in [2.24, 2.45) is 0 Å². The van der Waals surface area contributed by atoms with Crippen LogP contribution in [0.3, 0.4) is 0 Å². The summed E-state index contributed by atoms with van der Waals surface area (Å²) in [4.78, 5) is 8.38. The van der Waals surface area contributed by atoms with E-state index in [1.54, 1.807) is 30.1 Å². The lowest BCUT2D eigenvalue weighted by Crippen LogP contribution is -2.07. The second-order valence-electron chi connectivity index (χ2n) is 4.33. The summed E-state index contributed by atoms with van der Waals surface area (Å²) >= 11 is 6.28. The van der Waals surface area contributed by atoms with Crippen molar-refractivity contribution in [3.63, 3.8) is 0 Å². The molecule has 0 aliphatic rings. The molecule has 1 unspecified atom stereocenters. The zero-order valence-corrected chi connectivity index (χ0v) is 11.3. The zero-order chi connectivity index (χ0) is 13.3. The fourth-order valence-electron chi connectivity index (χ4n) is 1.69. The highest BCUT2D eigenvalue weighted by molar-refractivity contribution is 6.33. The Kier molecular flexibility index (Phi) is 3.63. The van der Waals surface area contributed by atoms with E-state index < -0.39 is 6.10 Å². The third-order valence-corrected chi connectivity index (χ3v) is 2.91. The molecule has 0 saturated carbocycles. The number of halogens is 1. The van der Waals surface area contributed by atoms with Gasteiger partial charge in [0.05, 0.1) is 11.1 Å². The Morgan fingerprint density at radius 3 is 2.33 bits per heavy atom. The van der Waals surface area contributed by atoms with Gasteiger partial charge < -0.3 is 5.11 Å². The van der Waals surface area contributed by atoms with E-state index in [2.05, 4.69) is 15.1 Å². The van der Waals surface area contributed by atoms with Crippen LogP contribution in [0.5, 0.6) is 0 Å². The molecule has 2 rings (SSSR count). The molecule has 0 fully saturated rings. The van der Waals surface area contributed by atoms with Gasteiger partial charge in [-0.3, -0.25) is 4.68 Å². The molecule has 2 aromatic heterocycles. The fraction of sp³-hybridized carbons (Fsp3) is 0.417. The normalized spacial score (nSPS) is 13.0. The highest BCUT2D eigenvalue weighted by Crippen LogP contribution is 2.33. The van der Waals surface area contributed by atoms with Crippen LogP contribution >= 0.6 is 11.6 Å². The number of hydrogen-bond donors (Lipinski definition) is 1. The van der Waals surface area contributed by atoms with Crippen molar-refractivity contribution in [1.82, 2.24) is 19.7 Å². The Bertz CT molecular complexity index is 537. The summed E-state index contributed by atoms with van der Waals surface area (Å²) in [5, 5.41) is 14.4. The SMILES string of the molecule is CC(O)c1nn(C(C)C)c(-c2ncccn2)c1Cl. The van der Waals surface area contributed by atoms with E-state index in [0.29, 0.717) is 22.2 Å². The molecular formula is C12H15ClN4O. The van der Waals surface area contributed by atoms with Gasteiger partial charge in [0.1, 0.15) is 11.4 Å². The quantitative estimate of drug-likeness (QED) is 0.928. The second kappa shape index (κ2) is 5.04. The molecule has 5 nitrogen and oxygen atoms in total. The van der Waals surface area contributed by atoms with Crippen LogP contribution in [0.15, 0.2) is 18.5 Å². The largest absolute Gasteiger partial charge is 0.387 e. The van der Waals surface area contributed by atoms with Crippen molar-refractivity contribution in [1.29, 1.82) is 0 Å². The molecule has 2 aromatic rings. The van der Waals surface area contributed by atoms with Crippen LogP contribution in [-0.4, -0.2) is 24.9 Å². The lowest BCUT2D eigenvalue weighted by atomic mass is 10.2. The molecular weight excluding hydrogens is 252 g/mol. The van der Waals surface area contributed by atoms with E-state index in [1.165, 1.54) is 0 Å². The first-order chi connectivity index (χ1) is 8.52. The van der Waals surface area contributed by atoms with Crippen LogP contribution in [0.2, 0.25) is 5.02 Å². The molecule has 0 saturated heterocycles. The number of rotatable bonds is 3.